The molecule has 1 aliphatic rings. The summed E-state index contributed by atoms with van der Waals surface area (Å²) in [4.78, 5) is 11.4. The van der Waals surface area contributed by atoms with Crippen LogP contribution in [0.4, 0.5) is 0 Å². The van der Waals surface area contributed by atoms with Crippen molar-refractivity contribution in [2.75, 3.05) is 6.61 Å². The summed E-state index contributed by atoms with van der Waals surface area (Å²) < 4.78 is 4.92. The Morgan fingerprint density at radius 1 is 1.67 bits per heavy atom. The maximum absolute atomic E-state index is 11.4. The van der Waals surface area contributed by atoms with Crippen molar-refractivity contribution in [2.24, 2.45) is 5.92 Å². The van der Waals surface area contributed by atoms with E-state index in [-0.39, 0.29) is 16.6 Å². The van der Waals surface area contributed by atoms with Crippen LogP contribution in [0.2, 0.25) is 0 Å². The molecule has 1 atom stereocenters. The Balaban J connectivity index is 2.62. The lowest BCUT2D eigenvalue weighted by molar-refractivity contribution is -0.146. The van der Waals surface area contributed by atoms with Crippen molar-refractivity contribution in [3.05, 3.63) is 11.5 Å². The predicted molar refractivity (Wildman–Crippen MR) is 50.9 cm³/mol. The lowest BCUT2D eigenvalue weighted by Crippen LogP contribution is -2.31. The molecule has 0 fully saturated rings. The number of carbonyl (C=O) groups is 1. The smallest absolute Gasteiger partial charge is 0.314 e. The molecule has 1 heterocycles. The second-order valence-corrected chi connectivity index (χ2v) is 4.84. The molecule has 0 unspecified atom stereocenters. The molecule has 0 aromatic carbocycles. The maximum Gasteiger partial charge on any atom is 0.314 e. The van der Waals surface area contributed by atoms with Gasteiger partial charge < -0.3 is 4.74 Å². The quantitative estimate of drug-likeness (QED) is 0.618. The number of hydrogen-bond donors (Lipinski definition) is 0. The van der Waals surface area contributed by atoms with Crippen molar-refractivity contribution >= 4 is 17.7 Å². The SMILES string of the molecule is CCOC(=O)[C@H]1C=CSC1(C)C. The number of rotatable bonds is 2. The predicted octanol–water partition coefficient (Wildman–Crippen LogP) is 2.20. The molecule has 68 valence electrons. The summed E-state index contributed by atoms with van der Waals surface area (Å²) in [6.07, 6.45) is 1.92. The highest BCUT2D eigenvalue weighted by molar-refractivity contribution is 8.03. The van der Waals surface area contributed by atoms with Crippen LogP contribution >= 0.6 is 11.8 Å². The Hall–Kier alpha value is -0.440. The Morgan fingerprint density at radius 2 is 2.33 bits per heavy atom. The minimum atomic E-state index is -0.108. The van der Waals surface area contributed by atoms with Crippen LogP contribution in [0.25, 0.3) is 0 Å². The van der Waals surface area contributed by atoms with Crippen LogP contribution in [0.3, 0.4) is 0 Å². The van der Waals surface area contributed by atoms with Gasteiger partial charge in [-0.3, -0.25) is 4.79 Å². The summed E-state index contributed by atoms with van der Waals surface area (Å²) in [5, 5.41) is 1.97. The fraction of sp³-hybridized carbons (Fsp3) is 0.667. The third-order valence-corrected chi connectivity index (χ3v) is 3.09. The molecule has 0 aromatic rings. The van der Waals surface area contributed by atoms with Crippen molar-refractivity contribution < 1.29 is 9.53 Å². The van der Waals surface area contributed by atoms with Gasteiger partial charge in [-0.25, -0.2) is 0 Å². The summed E-state index contributed by atoms with van der Waals surface area (Å²) in [5.74, 6) is -0.189. The minimum absolute atomic E-state index is 0.0355. The molecule has 0 amide bonds. The molecule has 0 bridgehead atoms. The van der Waals surface area contributed by atoms with E-state index in [1.807, 2.05) is 18.4 Å². The monoisotopic (exact) mass is 186 g/mol. The molecule has 1 rings (SSSR count). The molecular formula is C9H14O2S. The number of carbonyl (C=O) groups excluding carboxylic acids is 1. The van der Waals surface area contributed by atoms with Crippen LogP contribution in [-0.2, 0) is 9.53 Å². The molecule has 0 spiro atoms. The summed E-state index contributed by atoms with van der Waals surface area (Å²) in [6.45, 7) is 6.40. The highest BCUT2D eigenvalue weighted by Crippen LogP contribution is 2.40. The second-order valence-electron chi connectivity index (χ2n) is 3.28. The van der Waals surface area contributed by atoms with Gasteiger partial charge in [-0.15, -0.1) is 11.8 Å². The third-order valence-electron chi connectivity index (χ3n) is 1.93. The summed E-state index contributed by atoms with van der Waals surface area (Å²) in [5.41, 5.74) is 0. The van der Waals surface area contributed by atoms with Gasteiger partial charge in [-0.2, -0.15) is 0 Å². The van der Waals surface area contributed by atoms with E-state index in [1.54, 1.807) is 11.8 Å². The zero-order valence-corrected chi connectivity index (χ0v) is 8.48. The molecular weight excluding hydrogens is 172 g/mol. The van der Waals surface area contributed by atoms with Crippen LogP contribution in [0.15, 0.2) is 11.5 Å². The van der Waals surface area contributed by atoms with Crippen molar-refractivity contribution in [3.8, 4) is 0 Å². The Kier molecular flexibility index (Phi) is 2.83. The lowest BCUT2D eigenvalue weighted by Gasteiger charge is -2.23. The van der Waals surface area contributed by atoms with Gasteiger partial charge >= 0.3 is 5.97 Å². The zero-order valence-electron chi connectivity index (χ0n) is 7.66. The average molecular weight is 186 g/mol. The number of thioether (sulfide) groups is 1. The fourth-order valence-corrected chi connectivity index (χ4v) is 2.10. The van der Waals surface area contributed by atoms with Gasteiger partial charge in [0.25, 0.3) is 0 Å². The fourth-order valence-electron chi connectivity index (χ4n) is 1.19. The van der Waals surface area contributed by atoms with E-state index in [2.05, 4.69) is 13.8 Å². The van der Waals surface area contributed by atoms with Gasteiger partial charge in [0, 0.05) is 4.75 Å². The zero-order chi connectivity index (χ0) is 9.19. The molecule has 0 radical (unpaired) electrons. The van der Waals surface area contributed by atoms with Gasteiger partial charge in [-0.05, 0) is 26.2 Å². The number of ether oxygens (including phenoxy) is 1. The molecule has 0 N–H and O–H groups in total. The van der Waals surface area contributed by atoms with Gasteiger partial charge in [-0.1, -0.05) is 6.08 Å². The number of hydrogen-bond acceptors (Lipinski definition) is 3. The van der Waals surface area contributed by atoms with Crippen LogP contribution in [0, 0.1) is 5.92 Å². The van der Waals surface area contributed by atoms with E-state index in [9.17, 15) is 4.79 Å². The largest absolute Gasteiger partial charge is 0.465 e. The van der Waals surface area contributed by atoms with E-state index >= 15 is 0 Å². The molecule has 12 heavy (non-hydrogen) atoms. The average Bonchev–Trinajstić information content (AvgIpc) is 2.30. The first kappa shape index (κ1) is 9.65. The highest BCUT2D eigenvalue weighted by atomic mass is 32.2. The van der Waals surface area contributed by atoms with Crippen molar-refractivity contribution in [3.63, 3.8) is 0 Å². The Labute approximate surface area is 77.4 Å². The molecule has 0 saturated carbocycles. The Morgan fingerprint density at radius 3 is 2.75 bits per heavy atom. The van der Waals surface area contributed by atoms with Crippen LogP contribution in [0.5, 0.6) is 0 Å². The van der Waals surface area contributed by atoms with Crippen molar-refractivity contribution in [1.29, 1.82) is 0 Å². The molecule has 1 aliphatic heterocycles. The van der Waals surface area contributed by atoms with Crippen LogP contribution in [0.1, 0.15) is 20.8 Å². The molecule has 3 heteroatoms. The van der Waals surface area contributed by atoms with E-state index in [4.69, 9.17) is 4.74 Å². The maximum atomic E-state index is 11.4. The van der Waals surface area contributed by atoms with Gasteiger partial charge in [0.15, 0.2) is 0 Å². The summed E-state index contributed by atoms with van der Waals surface area (Å²) in [6, 6.07) is 0. The van der Waals surface area contributed by atoms with Crippen LogP contribution in [-0.4, -0.2) is 17.3 Å². The normalized spacial score (nSPS) is 25.8. The van der Waals surface area contributed by atoms with Crippen molar-refractivity contribution in [1.82, 2.24) is 0 Å². The van der Waals surface area contributed by atoms with E-state index < -0.39 is 0 Å². The van der Waals surface area contributed by atoms with Gasteiger partial charge in [0.2, 0.25) is 0 Å². The Bertz CT molecular complexity index is 209. The molecule has 0 saturated heterocycles. The van der Waals surface area contributed by atoms with E-state index in [0.29, 0.717) is 6.61 Å². The summed E-state index contributed by atoms with van der Waals surface area (Å²) >= 11 is 1.68. The van der Waals surface area contributed by atoms with Crippen molar-refractivity contribution in [2.45, 2.75) is 25.5 Å². The highest BCUT2D eigenvalue weighted by Gasteiger charge is 2.37. The first-order valence-corrected chi connectivity index (χ1v) is 4.97. The minimum Gasteiger partial charge on any atom is -0.465 e. The number of esters is 1. The first-order valence-electron chi connectivity index (χ1n) is 4.09. The second kappa shape index (κ2) is 3.52. The summed E-state index contributed by atoms with van der Waals surface area (Å²) in [7, 11) is 0. The lowest BCUT2D eigenvalue weighted by atomic mass is 9.95. The molecule has 0 aromatic heterocycles. The molecule has 0 aliphatic carbocycles. The first-order chi connectivity index (χ1) is 5.58. The van der Waals surface area contributed by atoms with Gasteiger partial charge in [0.1, 0.15) is 0 Å². The topological polar surface area (TPSA) is 26.3 Å². The van der Waals surface area contributed by atoms with E-state index in [1.165, 1.54) is 0 Å². The van der Waals surface area contributed by atoms with E-state index in [0.717, 1.165) is 0 Å². The van der Waals surface area contributed by atoms with Gasteiger partial charge in [0.05, 0.1) is 12.5 Å². The third kappa shape index (κ3) is 1.83. The molecule has 2 nitrogen and oxygen atoms in total. The van der Waals surface area contributed by atoms with Crippen LogP contribution < -0.4 is 0 Å². The standard InChI is InChI=1S/C9H14O2S/c1-4-11-8(10)7-5-6-12-9(7,2)3/h5-7H,4H2,1-3H3/t7-/m1/s1.